The van der Waals surface area contributed by atoms with Crippen LogP contribution >= 0.6 is 0 Å². The number of pyridine rings is 1. The number of methoxy groups -OCH3 is 1. The van der Waals surface area contributed by atoms with Crippen LogP contribution in [0.25, 0.3) is 11.3 Å². The number of benzene rings is 2. The molecule has 0 unspecified atom stereocenters. The zero-order valence-electron chi connectivity index (χ0n) is 18.0. The van der Waals surface area contributed by atoms with Crippen LogP contribution in [0.5, 0.6) is 5.75 Å². The van der Waals surface area contributed by atoms with E-state index >= 15 is 0 Å². The molecule has 2 aromatic carbocycles. The Morgan fingerprint density at radius 1 is 1.09 bits per heavy atom. The first kappa shape index (κ1) is 20.4. The fourth-order valence-electron chi connectivity index (χ4n) is 3.70. The SMILES string of the molecule is COc1cc(Nc2cccn3c(C(=O)c4ccc(F)cc4)cnc23)ccc1-n1cnc(C)c1. The lowest BCUT2D eigenvalue weighted by Gasteiger charge is -2.13. The maximum Gasteiger partial charge on any atom is 0.211 e. The zero-order chi connectivity index (χ0) is 22.9. The highest BCUT2D eigenvalue weighted by Gasteiger charge is 2.16. The molecule has 0 atom stereocenters. The number of ether oxygens (including phenoxy) is 1. The summed E-state index contributed by atoms with van der Waals surface area (Å²) in [6.45, 7) is 1.93. The van der Waals surface area contributed by atoms with E-state index in [1.54, 1.807) is 24.0 Å². The van der Waals surface area contributed by atoms with Gasteiger partial charge in [-0.1, -0.05) is 0 Å². The molecule has 5 rings (SSSR count). The fraction of sp³-hybridized carbons (Fsp3) is 0.0800. The highest BCUT2D eigenvalue weighted by atomic mass is 19.1. The summed E-state index contributed by atoms with van der Waals surface area (Å²) in [5.74, 6) is 0.0574. The van der Waals surface area contributed by atoms with Crippen molar-refractivity contribution in [2.75, 3.05) is 12.4 Å². The molecule has 0 bridgehead atoms. The first-order valence-electron chi connectivity index (χ1n) is 10.3. The van der Waals surface area contributed by atoms with Gasteiger partial charge in [0.15, 0.2) is 5.65 Å². The monoisotopic (exact) mass is 441 g/mol. The van der Waals surface area contributed by atoms with E-state index in [4.69, 9.17) is 4.74 Å². The van der Waals surface area contributed by atoms with Crippen molar-refractivity contribution in [3.05, 3.63) is 102 Å². The topological polar surface area (TPSA) is 73.4 Å². The van der Waals surface area contributed by atoms with Crippen molar-refractivity contribution in [1.82, 2.24) is 18.9 Å². The molecule has 0 saturated heterocycles. The van der Waals surface area contributed by atoms with Crippen LogP contribution in [-0.4, -0.2) is 31.8 Å². The average Bonchev–Trinajstić information content (AvgIpc) is 3.46. The molecule has 164 valence electrons. The van der Waals surface area contributed by atoms with Crippen LogP contribution in [0.3, 0.4) is 0 Å². The molecule has 0 spiro atoms. The summed E-state index contributed by atoms with van der Waals surface area (Å²) in [5, 5.41) is 3.36. The second-order valence-corrected chi connectivity index (χ2v) is 7.53. The number of aryl methyl sites for hydroxylation is 1. The lowest BCUT2D eigenvalue weighted by Crippen LogP contribution is -2.05. The third-order valence-corrected chi connectivity index (χ3v) is 5.32. The summed E-state index contributed by atoms with van der Waals surface area (Å²) in [4.78, 5) is 21.7. The van der Waals surface area contributed by atoms with Gasteiger partial charge >= 0.3 is 0 Å². The molecule has 3 heterocycles. The number of anilines is 2. The number of carbonyl (C=O) groups is 1. The normalized spacial score (nSPS) is 11.0. The molecule has 0 aliphatic heterocycles. The van der Waals surface area contributed by atoms with E-state index in [9.17, 15) is 9.18 Å². The first-order chi connectivity index (χ1) is 16.0. The lowest BCUT2D eigenvalue weighted by atomic mass is 10.1. The lowest BCUT2D eigenvalue weighted by molar-refractivity contribution is 0.103. The molecule has 33 heavy (non-hydrogen) atoms. The van der Waals surface area contributed by atoms with Crippen molar-refractivity contribution in [2.45, 2.75) is 6.92 Å². The van der Waals surface area contributed by atoms with Gasteiger partial charge in [0.25, 0.3) is 0 Å². The van der Waals surface area contributed by atoms with E-state index in [-0.39, 0.29) is 11.6 Å². The number of hydrogen-bond donors (Lipinski definition) is 1. The molecule has 8 heteroatoms. The van der Waals surface area contributed by atoms with Crippen LogP contribution < -0.4 is 10.1 Å². The Kier molecular flexibility index (Phi) is 5.10. The number of fused-ring (bicyclic) bond motifs is 1. The highest BCUT2D eigenvalue weighted by Crippen LogP contribution is 2.30. The van der Waals surface area contributed by atoms with E-state index in [2.05, 4.69) is 15.3 Å². The Morgan fingerprint density at radius 3 is 2.64 bits per heavy atom. The van der Waals surface area contributed by atoms with Gasteiger partial charge in [0.2, 0.25) is 5.78 Å². The Labute approximate surface area is 189 Å². The minimum atomic E-state index is -0.388. The van der Waals surface area contributed by atoms with E-state index in [1.165, 1.54) is 30.5 Å². The average molecular weight is 441 g/mol. The molecule has 0 aliphatic carbocycles. The van der Waals surface area contributed by atoms with Crippen molar-refractivity contribution in [1.29, 1.82) is 0 Å². The summed E-state index contributed by atoms with van der Waals surface area (Å²) in [7, 11) is 1.62. The molecule has 7 nitrogen and oxygen atoms in total. The maximum atomic E-state index is 13.2. The van der Waals surface area contributed by atoms with Crippen LogP contribution in [0.15, 0.2) is 79.5 Å². The smallest absolute Gasteiger partial charge is 0.211 e. The third-order valence-electron chi connectivity index (χ3n) is 5.32. The van der Waals surface area contributed by atoms with Gasteiger partial charge in [-0.05, 0) is 55.5 Å². The third kappa shape index (κ3) is 3.82. The summed E-state index contributed by atoms with van der Waals surface area (Å²) >= 11 is 0. The molecule has 5 aromatic rings. The fourth-order valence-corrected chi connectivity index (χ4v) is 3.70. The standard InChI is InChI=1S/C25H20FN5O2/c1-16-14-30(15-28-16)21-10-9-19(12-23(21)33-2)29-20-4-3-11-31-22(13-27-25(20)31)24(32)17-5-7-18(26)8-6-17/h3-15,29H,1-2H3. The molecular formula is C25H20FN5O2. The Morgan fingerprint density at radius 2 is 1.91 bits per heavy atom. The molecule has 0 fully saturated rings. The number of halogens is 1. The molecule has 0 amide bonds. The van der Waals surface area contributed by atoms with Crippen molar-refractivity contribution < 1.29 is 13.9 Å². The van der Waals surface area contributed by atoms with Crippen molar-refractivity contribution in [2.24, 2.45) is 0 Å². The predicted molar refractivity (Wildman–Crippen MR) is 123 cm³/mol. The quantitative estimate of drug-likeness (QED) is 0.378. The van der Waals surface area contributed by atoms with Crippen LogP contribution in [0, 0.1) is 12.7 Å². The minimum Gasteiger partial charge on any atom is -0.494 e. The number of hydrogen-bond acceptors (Lipinski definition) is 5. The van der Waals surface area contributed by atoms with Crippen LogP contribution in [0.1, 0.15) is 21.7 Å². The number of aromatic nitrogens is 4. The molecule has 3 aromatic heterocycles. The van der Waals surface area contributed by atoms with E-state index in [0.29, 0.717) is 22.7 Å². The Hall–Kier alpha value is -4.46. The molecule has 0 saturated carbocycles. The highest BCUT2D eigenvalue weighted by molar-refractivity contribution is 6.08. The van der Waals surface area contributed by atoms with Crippen molar-refractivity contribution >= 4 is 22.8 Å². The molecule has 1 N–H and O–H groups in total. The second-order valence-electron chi connectivity index (χ2n) is 7.53. The van der Waals surface area contributed by atoms with Crippen molar-refractivity contribution in [3.8, 4) is 11.4 Å². The minimum absolute atomic E-state index is 0.235. The molecule has 0 aliphatic rings. The van der Waals surface area contributed by atoms with Gasteiger partial charge in [0, 0.05) is 29.7 Å². The zero-order valence-corrected chi connectivity index (χ0v) is 18.0. The summed E-state index contributed by atoms with van der Waals surface area (Å²) in [6.07, 6.45) is 6.97. The van der Waals surface area contributed by atoms with Crippen LogP contribution in [-0.2, 0) is 0 Å². The number of nitrogens with one attached hydrogen (secondary N) is 1. The molecular weight excluding hydrogens is 421 g/mol. The summed E-state index contributed by atoms with van der Waals surface area (Å²) in [6, 6.07) is 15.0. The summed E-state index contributed by atoms with van der Waals surface area (Å²) in [5.41, 5.74) is 4.69. The second kappa shape index (κ2) is 8.23. The van der Waals surface area contributed by atoms with Gasteiger partial charge in [0.1, 0.15) is 17.3 Å². The van der Waals surface area contributed by atoms with E-state index < -0.39 is 0 Å². The van der Waals surface area contributed by atoms with Crippen molar-refractivity contribution in [3.63, 3.8) is 0 Å². The van der Waals surface area contributed by atoms with E-state index in [1.807, 2.05) is 48.0 Å². The van der Waals surface area contributed by atoms with Gasteiger partial charge in [-0.2, -0.15) is 0 Å². The van der Waals surface area contributed by atoms with Gasteiger partial charge in [0.05, 0.1) is 36.7 Å². The Bertz CT molecular complexity index is 1470. The predicted octanol–water partition coefficient (Wildman–Crippen LogP) is 4.95. The van der Waals surface area contributed by atoms with Crippen LogP contribution in [0.4, 0.5) is 15.8 Å². The Balaban J connectivity index is 1.47. The number of carbonyl (C=O) groups excluding carboxylic acids is 1. The number of nitrogens with zero attached hydrogens (tertiary/aromatic N) is 4. The number of imidazole rings is 2. The summed E-state index contributed by atoms with van der Waals surface area (Å²) < 4.78 is 22.4. The van der Waals surface area contributed by atoms with Gasteiger partial charge in [-0.3, -0.25) is 9.20 Å². The van der Waals surface area contributed by atoms with Crippen LogP contribution in [0.2, 0.25) is 0 Å². The van der Waals surface area contributed by atoms with Gasteiger partial charge in [-0.15, -0.1) is 0 Å². The number of rotatable bonds is 6. The van der Waals surface area contributed by atoms with E-state index in [0.717, 1.165) is 22.8 Å². The number of ketones is 1. The largest absolute Gasteiger partial charge is 0.494 e. The first-order valence-corrected chi connectivity index (χ1v) is 10.3. The maximum absolute atomic E-state index is 13.2. The van der Waals surface area contributed by atoms with Gasteiger partial charge in [-0.25, -0.2) is 14.4 Å². The molecule has 0 radical (unpaired) electrons. The van der Waals surface area contributed by atoms with Gasteiger partial charge < -0.3 is 14.6 Å².